The fraction of sp³-hybridized carbons (Fsp3) is 0.273. The highest BCUT2D eigenvalue weighted by atomic mass is 32.2. The van der Waals surface area contributed by atoms with Crippen molar-refractivity contribution in [2.75, 3.05) is 5.73 Å². The predicted molar refractivity (Wildman–Crippen MR) is 66.0 cm³/mol. The highest BCUT2D eigenvalue weighted by molar-refractivity contribution is 7.98. The van der Waals surface area contributed by atoms with Crippen molar-refractivity contribution >= 4 is 17.4 Å². The van der Waals surface area contributed by atoms with Crippen molar-refractivity contribution in [2.45, 2.75) is 24.1 Å². The van der Waals surface area contributed by atoms with Crippen LogP contribution in [-0.4, -0.2) is 14.8 Å². The van der Waals surface area contributed by atoms with E-state index >= 15 is 0 Å². The number of hydrogen-bond donors (Lipinski definition) is 1. The first-order chi connectivity index (χ1) is 8.61. The van der Waals surface area contributed by atoms with Crippen molar-refractivity contribution in [1.29, 1.82) is 0 Å². The van der Waals surface area contributed by atoms with Crippen LogP contribution < -0.4 is 5.73 Å². The maximum atomic E-state index is 13.5. The van der Waals surface area contributed by atoms with Gasteiger partial charge in [0.1, 0.15) is 23.8 Å². The first-order valence-corrected chi connectivity index (χ1v) is 6.34. The van der Waals surface area contributed by atoms with Gasteiger partial charge in [-0.2, -0.15) is 5.10 Å². The Morgan fingerprint density at radius 3 is 2.61 bits per heavy atom. The van der Waals surface area contributed by atoms with Gasteiger partial charge in [0.25, 0.3) is 0 Å². The standard InChI is InChI=1S/C11H12F2N4S/c1-2-17-10(15-6-16-17)5-18-11-8(12)3-7(14)4-9(11)13/h3-4,6H,2,5,14H2,1H3. The van der Waals surface area contributed by atoms with Crippen molar-refractivity contribution in [2.24, 2.45) is 0 Å². The van der Waals surface area contributed by atoms with Crippen LogP contribution in [0.25, 0.3) is 0 Å². The third kappa shape index (κ3) is 2.61. The largest absolute Gasteiger partial charge is 0.399 e. The first-order valence-electron chi connectivity index (χ1n) is 5.35. The Bertz CT molecular complexity index is 533. The zero-order valence-electron chi connectivity index (χ0n) is 9.73. The Hall–Kier alpha value is -1.63. The lowest BCUT2D eigenvalue weighted by Crippen LogP contribution is -2.02. The van der Waals surface area contributed by atoms with E-state index in [4.69, 9.17) is 5.73 Å². The highest BCUT2D eigenvalue weighted by Crippen LogP contribution is 2.29. The van der Waals surface area contributed by atoms with Gasteiger partial charge in [-0.25, -0.2) is 18.4 Å². The monoisotopic (exact) mass is 270 g/mol. The van der Waals surface area contributed by atoms with Gasteiger partial charge in [0.05, 0.1) is 10.6 Å². The number of benzene rings is 1. The predicted octanol–water partition coefficient (Wildman–Crippen LogP) is 2.45. The van der Waals surface area contributed by atoms with Crippen LogP contribution in [-0.2, 0) is 12.3 Å². The minimum absolute atomic E-state index is 0.0464. The Balaban J connectivity index is 2.16. The summed E-state index contributed by atoms with van der Waals surface area (Å²) >= 11 is 1.04. The van der Waals surface area contributed by atoms with Gasteiger partial charge in [-0.3, -0.25) is 0 Å². The quantitative estimate of drug-likeness (QED) is 0.685. The molecule has 1 aromatic carbocycles. The van der Waals surface area contributed by atoms with Gasteiger partial charge in [-0.15, -0.1) is 11.8 Å². The van der Waals surface area contributed by atoms with Gasteiger partial charge in [0.15, 0.2) is 0 Å². The summed E-state index contributed by atoms with van der Waals surface area (Å²) in [6.07, 6.45) is 1.43. The molecule has 0 aliphatic heterocycles. The topological polar surface area (TPSA) is 56.7 Å². The molecule has 1 heterocycles. The number of nitrogens with zero attached hydrogens (tertiary/aromatic N) is 3. The summed E-state index contributed by atoms with van der Waals surface area (Å²) in [4.78, 5) is 3.99. The van der Waals surface area contributed by atoms with E-state index in [1.807, 2.05) is 6.92 Å². The number of thioether (sulfide) groups is 1. The molecule has 18 heavy (non-hydrogen) atoms. The van der Waals surface area contributed by atoms with Crippen molar-refractivity contribution in [1.82, 2.24) is 14.8 Å². The Morgan fingerprint density at radius 1 is 1.33 bits per heavy atom. The van der Waals surface area contributed by atoms with Crippen LogP contribution >= 0.6 is 11.8 Å². The molecule has 7 heteroatoms. The fourth-order valence-electron chi connectivity index (χ4n) is 1.52. The highest BCUT2D eigenvalue weighted by Gasteiger charge is 2.12. The number of anilines is 1. The maximum Gasteiger partial charge on any atom is 0.141 e. The number of nitrogen functional groups attached to an aromatic ring is 1. The number of hydrogen-bond acceptors (Lipinski definition) is 4. The molecular formula is C11H12F2N4S. The Labute approximate surface area is 107 Å². The molecule has 0 aliphatic carbocycles. The van der Waals surface area contributed by atoms with Crippen LogP contribution in [0.15, 0.2) is 23.4 Å². The van der Waals surface area contributed by atoms with Crippen LogP contribution in [0.3, 0.4) is 0 Å². The van der Waals surface area contributed by atoms with Crippen LogP contribution in [0.1, 0.15) is 12.7 Å². The summed E-state index contributed by atoms with van der Waals surface area (Å²) < 4.78 is 28.8. The second-order valence-corrected chi connectivity index (χ2v) is 4.58. The summed E-state index contributed by atoms with van der Waals surface area (Å²) in [6.45, 7) is 2.59. The van der Waals surface area contributed by atoms with E-state index in [1.54, 1.807) is 4.68 Å². The number of rotatable bonds is 4. The minimum Gasteiger partial charge on any atom is -0.399 e. The summed E-state index contributed by atoms with van der Waals surface area (Å²) in [7, 11) is 0. The summed E-state index contributed by atoms with van der Waals surface area (Å²) in [5, 5.41) is 3.99. The van der Waals surface area contributed by atoms with Gasteiger partial charge in [-0.1, -0.05) is 0 Å². The van der Waals surface area contributed by atoms with Crippen LogP contribution in [0, 0.1) is 11.6 Å². The lowest BCUT2D eigenvalue weighted by Gasteiger charge is -2.06. The molecule has 0 unspecified atom stereocenters. The SMILES string of the molecule is CCn1ncnc1CSc1c(F)cc(N)cc1F. The molecule has 0 amide bonds. The molecule has 0 saturated heterocycles. The van der Waals surface area contributed by atoms with Crippen LogP contribution in [0.4, 0.5) is 14.5 Å². The molecule has 0 fully saturated rings. The zero-order valence-corrected chi connectivity index (χ0v) is 10.5. The smallest absolute Gasteiger partial charge is 0.141 e. The molecular weight excluding hydrogens is 258 g/mol. The van der Waals surface area contributed by atoms with E-state index in [0.29, 0.717) is 18.1 Å². The molecule has 0 atom stereocenters. The lowest BCUT2D eigenvalue weighted by molar-refractivity contribution is 0.541. The molecule has 0 bridgehead atoms. The van der Waals surface area contributed by atoms with Crippen molar-refractivity contribution in [3.63, 3.8) is 0 Å². The molecule has 0 aliphatic rings. The molecule has 2 aromatic rings. The third-order valence-electron chi connectivity index (χ3n) is 2.36. The molecule has 2 N–H and O–H groups in total. The molecule has 0 spiro atoms. The van der Waals surface area contributed by atoms with E-state index in [0.717, 1.165) is 23.9 Å². The van der Waals surface area contributed by atoms with E-state index in [9.17, 15) is 8.78 Å². The van der Waals surface area contributed by atoms with Crippen molar-refractivity contribution in [3.8, 4) is 0 Å². The molecule has 2 rings (SSSR count). The average molecular weight is 270 g/mol. The zero-order chi connectivity index (χ0) is 13.1. The number of nitrogens with two attached hydrogens (primary N) is 1. The van der Waals surface area contributed by atoms with Crippen molar-refractivity contribution < 1.29 is 8.78 Å². The summed E-state index contributed by atoms with van der Waals surface area (Å²) in [5.41, 5.74) is 5.42. The maximum absolute atomic E-state index is 13.5. The average Bonchev–Trinajstić information content (AvgIpc) is 2.75. The molecule has 1 aromatic heterocycles. The normalized spacial score (nSPS) is 10.8. The van der Waals surface area contributed by atoms with E-state index in [1.165, 1.54) is 6.33 Å². The van der Waals surface area contributed by atoms with Crippen LogP contribution in [0.2, 0.25) is 0 Å². The molecule has 4 nitrogen and oxygen atoms in total. The molecule has 96 valence electrons. The first kappa shape index (κ1) is 12.8. The second-order valence-electron chi connectivity index (χ2n) is 3.59. The van der Waals surface area contributed by atoms with Gasteiger partial charge in [0.2, 0.25) is 0 Å². The molecule has 0 saturated carbocycles. The van der Waals surface area contributed by atoms with Gasteiger partial charge >= 0.3 is 0 Å². The summed E-state index contributed by atoms with van der Waals surface area (Å²) in [5.74, 6) is -0.274. The number of aryl methyl sites for hydroxylation is 1. The molecule has 0 radical (unpaired) electrons. The fourth-order valence-corrected chi connectivity index (χ4v) is 2.41. The summed E-state index contributed by atoms with van der Waals surface area (Å²) in [6, 6.07) is 2.21. The Kier molecular flexibility index (Phi) is 3.81. The van der Waals surface area contributed by atoms with Gasteiger partial charge < -0.3 is 5.73 Å². The van der Waals surface area contributed by atoms with Gasteiger partial charge in [0, 0.05) is 12.2 Å². The van der Waals surface area contributed by atoms with Crippen molar-refractivity contribution in [3.05, 3.63) is 35.9 Å². The van der Waals surface area contributed by atoms with Gasteiger partial charge in [-0.05, 0) is 19.1 Å². The second kappa shape index (κ2) is 5.34. The van der Waals surface area contributed by atoms with E-state index < -0.39 is 11.6 Å². The number of halogens is 2. The van der Waals surface area contributed by atoms with E-state index in [2.05, 4.69) is 10.1 Å². The minimum atomic E-state index is -0.653. The van der Waals surface area contributed by atoms with Crippen LogP contribution in [0.5, 0.6) is 0 Å². The Morgan fingerprint density at radius 2 is 2.00 bits per heavy atom. The van der Waals surface area contributed by atoms with E-state index in [-0.39, 0.29) is 10.6 Å². The number of aromatic nitrogens is 3. The third-order valence-corrected chi connectivity index (χ3v) is 3.44. The lowest BCUT2D eigenvalue weighted by atomic mass is 10.3.